The maximum Gasteiger partial charge on any atom is 0.137 e. The molecule has 0 aliphatic rings. The highest BCUT2D eigenvalue weighted by molar-refractivity contribution is 5.28. The molecule has 0 unspecified atom stereocenters. The molecule has 0 atom stereocenters. The van der Waals surface area contributed by atoms with E-state index in [0.717, 1.165) is 17.9 Å². The van der Waals surface area contributed by atoms with Crippen molar-refractivity contribution in [3.05, 3.63) is 54.4 Å². The molecular formula is C15H17NO2. The molecule has 2 aromatic rings. The molecule has 1 heterocycles. The summed E-state index contributed by atoms with van der Waals surface area (Å²) in [5.41, 5.74) is 1.28. The molecule has 1 aromatic carbocycles. The van der Waals surface area contributed by atoms with Gasteiger partial charge in [0.25, 0.3) is 0 Å². The van der Waals surface area contributed by atoms with E-state index >= 15 is 0 Å². The predicted molar refractivity (Wildman–Crippen MR) is 71.0 cm³/mol. The van der Waals surface area contributed by atoms with Crippen LogP contribution in [0.15, 0.2) is 48.8 Å². The highest BCUT2D eigenvalue weighted by Gasteiger charge is 1.96. The normalized spacial score (nSPS) is 10.1. The summed E-state index contributed by atoms with van der Waals surface area (Å²) >= 11 is 0. The Hall–Kier alpha value is -2.03. The molecular weight excluding hydrogens is 226 g/mol. The topological polar surface area (TPSA) is 31.4 Å². The third-order valence-corrected chi connectivity index (χ3v) is 2.56. The number of ether oxygens (including phenoxy) is 2. The largest absolute Gasteiger partial charge is 0.490 e. The number of aryl methyl sites for hydroxylation is 1. The second-order valence-electron chi connectivity index (χ2n) is 3.89. The molecule has 0 saturated heterocycles. The van der Waals surface area contributed by atoms with Crippen molar-refractivity contribution >= 4 is 0 Å². The zero-order valence-corrected chi connectivity index (χ0v) is 10.5. The first kappa shape index (κ1) is 12.4. The summed E-state index contributed by atoms with van der Waals surface area (Å²) < 4.78 is 11.1. The highest BCUT2D eigenvalue weighted by Crippen LogP contribution is 2.13. The van der Waals surface area contributed by atoms with E-state index in [1.165, 1.54) is 5.56 Å². The van der Waals surface area contributed by atoms with Crippen molar-refractivity contribution in [3.63, 3.8) is 0 Å². The van der Waals surface area contributed by atoms with Crippen LogP contribution < -0.4 is 9.47 Å². The van der Waals surface area contributed by atoms with E-state index in [1.807, 2.05) is 24.3 Å². The standard InChI is InChI=1S/C15H17NO2/c1-2-13-5-3-6-14(11-13)17-9-10-18-15-7-4-8-16-12-15/h3-8,11-12H,2,9-10H2,1H3. The Labute approximate surface area is 107 Å². The fraction of sp³-hybridized carbons (Fsp3) is 0.267. The SMILES string of the molecule is CCc1cccc(OCCOc2cccnc2)c1. The number of hydrogen-bond acceptors (Lipinski definition) is 3. The van der Waals surface area contributed by atoms with Gasteiger partial charge in [-0.05, 0) is 36.2 Å². The Balaban J connectivity index is 1.75. The fourth-order valence-electron chi connectivity index (χ4n) is 1.61. The van der Waals surface area contributed by atoms with Gasteiger partial charge in [0.1, 0.15) is 24.7 Å². The number of nitrogens with zero attached hydrogens (tertiary/aromatic N) is 1. The predicted octanol–water partition coefficient (Wildman–Crippen LogP) is 3.10. The number of aromatic nitrogens is 1. The van der Waals surface area contributed by atoms with Gasteiger partial charge in [-0.2, -0.15) is 0 Å². The van der Waals surface area contributed by atoms with Crippen LogP contribution in [0, 0.1) is 0 Å². The van der Waals surface area contributed by atoms with Crippen LogP contribution in [-0.2, 0) is 6.42 Å². The molecule has 3 nitrogen and oxygen atoms in total. The number of pyridine rings is 1. The van der Waals surface area contributed by atoms with Crippen molar-refractivity contribution < 1.29 is 9.47 Å². The molecule has 0 amide bonds. The van der Waals surface area contributed by atoms with E-state index in [2.05, 4.69) is 24.0 Å². The van der Waals surface area contributed by atoms with Crippen LogP contribution in [0.4, 0.5) is 0 Å². The van der Waals surface area contributed by atoms with E-state index in [9.17, 15) is 0 Å². The van der Waals surface area contributed by atoms with Crippen molar-refractivity contribution in [2.24, 2.45) is 0 Å². The summed E-state index contributed by atoms with van der Waals surface area (Å²) in [7, 11) is 0. The Morgan fingerprint density at radius 3 is 2.50 bits per heavy atom. The average molecular weight is 243 g/mol. The van der Waals surface area contributed by atoms with Gasteiger partial charge in [0.15, 0.2) is 0 Å². The first-order valence-corrected chi connectivity index (χ1v) is 6.13. The zero-order chi connectivity index (χ0) is 12.6. The number of hydrogen-bond donors (Lipinski definition) is 0. The first-order chi connectivity index (χ1) is 8.88. The molecule has 0 spiro atoms. The Kier molecular flexibility index (Phi) is 4.59. The monoisotopic (exact) mass is 243 g/mol. The van der Waals surface area contributed by atoms with Crippen LogP contribution in [-0.4, -0.2) is 18.2 Å². The molecule has 0 saturated carbocycles. The van der Waals surface area contributed by atoms with Crippen molar-refractivity contribution in [2.45, 2.75) is 13.3 Å². The van der Waals surface area contributed by atoms with Gasteiger partial charge in [0, 0.05) is 6.20 Å². The van der Waals surface area contributed by atoms with Crippen LogP contribution in [0.25, 0.3) is 0 Å². The minimum absolute atomic E-state index is 0.516. The Morgan fingerprint density at radius 1 is 1.00 bits per heavy atom. The number of rotatable bonds is 6. The minimum Gasteiger partial charge on any atom is -0.490 e. The maximum atomic E-state index is 5.62. The van der Waals surface area contributed by atoms with Gasteiger partial charge in [0.2, 0.25) is 0 Å². The van der Waals surface area contributed by atoms with E-state index in [1.54, 1.807) is 12.4 Å². The molecule has 0 bridgehead atoms. The van der Waals surface area contributed by atoms with Crippen LogP contribution >= 0.6 is 0 Å². The Morgan fingerprint density at radius 2 is 1.78 bits per heavy atom. The average Bonchev–Trinajstić information content (AvgIpc) is 2.45. The van der Waals surface area contributed by atoms with Crippen LogP contribution in [0.3, 0.4) is 0 Å². The molecule has 94 valence electrons. The van der Waals surface area contributed by atoms with Gasteiger partial charge in [-0.3, -0.25) is 4.98 Å². The van der Waals surface area contributed by atoms with Gasteiger partial charge in [-0.15, -0.1) is 0 Å². The third kappa shape index (κ3) is 3.77. The fourth-order valence-corrected chi connectivity index (χ4v) is 1.61. The molecule has 18 heavy (non-hydrogen) atoms. The summed E-state index contributed by atoms with van der Waals surface area (Å²) in [6.07, 6.45) is 4.43. The quantitative estimate of drug-likeness (QED) is 0.730. The molecule has 1 aromatic heterocycles. The van der Waals surface area contributed by atoms with Crippen molar-refractivity contribution in [3.8, 4) is 11.5 Å². The maximum absolute atomic E-state index is 5.62. The first-order valence-electron chi connectivity index (χ1n) is 6.13. The lowest BCUT2D eigenvalue weighted by Crippen LogP contribution is -2.09. The lowest BCUT2D eigenvalue weighted by Gasteiger charge is -2.08. The smallest absolute Gasteiger partial charge is 0.137 e. The van der Waals surface area contributed by atoms with Gasteiger partial charge in [-0.1, -0.05) is 19.1 Å². The van der Waals surface area contributed by atoms with Gasteiger partial charge in [-0.25, -0.2) is 0 Å². The van der Waals surface area contributed by atoms with E-state index in [-0.39, 0.29) is 0 Å². The molecule has 0 radical (unpaired) electrons. The number of benzene rings is 1. The molecule has 0 fully saturated rings. The zero-order valence-electron chi connectivity index (χ0n) is 10.5. The summed E-state index contributed by atoms with van der Waals surface area (Å²) in [6.45, 7) is 3.18. The lowest BCUT2D eigenvalue weighted by molar-refractivity contribution is 0.216. The van der Waals surface area contributed by atoms with Gasteiger partial charge in [0.05, 0.1) is 6.20 Å². The van der Waals surface area contributed by atoms with Gasteiger partial charge < -0.3 is 9.47 Å². The second kappa shape index (κ2) is 6.64. The van der Waals surface area contributed by atoms with Crippen molar-refractivity contribution in [1.29, 1.82) is 0 Å². The summed E-state index contributed by atoms with van der Waals surface area (Å²) in [5.74, 6) is 1.66. The van der Waals surface area contributed by atoms with Crippen LogP contribution in [0.2, 0.25) is 0 Å². The third-order valence-electron chi connectivity index (χ3n) is 2.56. The van der Waals surface area contributed by atoms with E-state index in [4.69, 9.17) is 9.47 Å². The Bertz CT molecular complexity index is 471. The summed E-state index contributed by atoms with van der Waals surface area (Å²) in [5, 5.41) is 0. The molecule has 0 aliphatic heterocycles. The van der Waals surface area contributed by atoms with Crippen molar-refractivity contribution in [1.82, 2.24) is 4.98 Å². The molecule has 2 rings (SSSR count). The summed E-state index contributed by atoms with van der Waals surface area (Å²) in [6, 6.07) is 11.9. The highest BCUT2D eigenvalue weighted by atomic mass is 16.5. The van der Waals surface area contributed by atoms with Gasteiger partial charge >= 0.3 is 0 Å². The molecule has 0 N–H and O–H groups in total. The molecule has 0 aliphatic carbocycles. The van der Waals surface area contributed by atoms with Crippen LogP contribution in [0.1, 0.15) is 12.5 Å². The van der Waals surface area contributed by atoms with E-state index in [0.29, 0.717) is 13.2 Å². The minimum atomic E-state index is 0.516. The van der Waals surface area contributed by atoms with Crippen LogP contribution in [0.5, 0.6) is 11.5 Å². The lowest BCUT2D eigenvalue weighted by atomic mass is 10.2. The summed E-state index contributed by atoms with van der Waals surface area (Å²) in [4.78, 5) is 3.98. The van der Waals surface area contributed by atoms with Crippen molar-refractivity contribution in [2.75, 3.05) is 13.2 Å². The molecule has 3 heteroatoms. The van der Waals surface area contributed by atoms with E-state index < -0.39 is 0 Å². The second-order valence-corrected chi connectivity index (χ2v) is 3.89.